The van der Waals surface area contributed by atoms with Crippen LogP contribution in [0.15, 0.2) is 29.2 Å². The van der Waals surface area contributed by atoms with Gasteiger partial charge in [-0.15, -0.1) is 0 Å². The molecule has 2 rings (SSSR count). The van der Waals surface area contributed by atoms with Gasteiger partial charge in [-0.05, 0) is 18.6 Å². The fraction of sp³-hybridized carbons (Fsp3) is 0.538. The van der Waals surface area contributed by atoms with Gasteiger partial charge in [-0.2, -0.15) is 16.1 Å². The largest absolute Gasteiger partial charge is 0.507 e. The van der Waals surface area contributed by atoms with Gasteiger partial charge in [0.05, 0.1) is 0 Å². The molecule has 0 unspecified atom stereocenters. The number of aromatic hydroxyl groups is 1. The quantitative estimate of drug-likeness (QED) is 0.910. The molecule has 0 aromatic heterocycles. The van der Waals surface area contributed by atoms with Crippen LogP contribution < -0.4 is 0 Å². The lowest BCUT2D eigenvalue weighted by molar-refractivity contribution is 0.408. The molecule has 1 heterocycles. The van der Waals surface area contributed by atoms with E-state index in [1.807, 2.05) is 0 Å². The van der Waals surface area contributed by atoms with Crippen LogP contribution in [0.3, 0.4) is 0 Å². The van der Waals surface area contributed by atoms with Gasteiger partial charge in [0.1, 0.15) is 10.6 Å². The van der Waals surface area contributed by atoms with Crippen molar-refractivity contribution in [3.05, 3.63) is 24.3 Å². The van der Waals surface area contributed by atoms with Crippen molar-refractivity contribution in [2.75, 3.05) is 18.8 Å². The summed E-state index contributed by atoms with van der Waals surface area (Å²) in [5.41, 5.74) is 0. The number of para-hydroxylation sites is 1. The first-order valence-corrected chi connectivity index (χ1v) is 8.68. The highest BCUT2D eigenvalue weighted by molar-refractivity contribution is 8.00. The number of sulfonamides is 1. The Kier molecular flexibility index (Phi) is 4.13. The number of hydrogen-bond acceptors (Lipinski definition) is 4. The molecule has 0 amide bonds. The Labute approximate surface area is 118 Å². The van der Waals surface area contributed by atoms with Crippen LogP contribution >= 0.6 is 11.8 Å². The summed E-state index contributed by atoms with van der Waals surface area (Å²) >= 11 is 1.79. The maximum Gasteiger partial charge on any atom is 0.246 e. The molecule has 0 aliphatic carbocycles. The topological polar surface area (TPSA) is 57.6 Å². The molecule has 0 bridgehead atoms. The second kappa shape index (κ2) is 5.34. The van der Waals surface area contributed by atoms with Crippen molar-refractivity contribution in [2.45, 2.75) is 29.9 Å². The molecule has 1 fully saturated rings. The number of benzene rings is 1. The van der Waals surface area contributed by atoms with Crippen LogP contribution in [0.2, 0.25) is 0 Å². The average molecular weight is 301 g/mol. The summed E-state index contributed by atoms with van der Waals surface area (Å²) in [7, 11) is -3.60. The maximum atomic E-state index is 12.5. The van der Waals surface area contributed by atoms with Gasteiger partial charge in [-0.3, -0.25) is 0 Å². The Hall–Kier alpha value is -0.720. The Balaban J connectivity index is 2.28. The third-order valence-electron chi connectivity index (χ3n) is 3.28. The number of nitrogens with zero attached hydrogens (tertiary/aromatic N) is 1. The fourth-order valence-corrected chi connectivity index (χ4v) is 4.80. The van der Waals surface area contributed by atoms with E-state index < -0.39 is 10.0 Å². The predicted molar refractivity (Wildman–Crippen MR) is 78.0 cm³/mol. The highest BCUT2D eigenvalue weighted by Crippen LogP contribution is 2.33. The molecule has 1 N–H and O–H groups in total. The molecule has 1 aliphatic heterocycles. The summed E-state index contributed by atoms with van der Waals surface area (Å²) in [6.45, 7) is 5.25. The SMILES string of the molecule is CC1(C)CCN(S(=O)(=O)c2ccccc2O)CCS1. The lowest BCUT2D eigenvalue weighted by Gasteiger charge is -2.22. The second-order valence-corrected chi connectivity index (χ2v) is 8.94. The first kappa shape index (κ1) is 14.7. The Morgan fingerprint density at radius 1 is 1.26 bits per heavy atom. The summed E-state index contributed by atoms with van der Waals surface area (Å²) in [4.78, 5) is -0.000272. The minimum Gasteiger partial charge on any atom is -0.507 e. The third-order valence-corrected chi connectivity index (χ3v) is 6.60. The molecule has 0 atom stereocenters. The zero-order valence-corrected chi connectivity index (χ0v) is 12.8. The minimum absolute atomic E-state index is 0.000272. The van der Waals surface area contributed by atoms with E-state index >= 15 is 0 Å². The van der Waals surface area contributed by atoms with Crippen LogP contribution in [0.1, 0.15) is 20.3 Å². The molecule has 1 aliphatic rings. The van der Waals surface area contributed by atoms with Crippen LogP contribution in [-0.4, -0.2) is 41.4 Å². The summed E-state index contributed by atoms with van der Waals surface area (Å²) < 4.78 is 26.6. The smallest absolute Gasteiger partial charge is 0.246 e. The van der Waals surface area contributed by atoms with Crippen molar-refractivity contribution >= 4 is 21.8 Å². The van der Waals surface area contributed by atoms with Gasteiger partial charge in [-0.25, -0.2) is 8.42 Å². The van der Waals surface area contributed by atoms with Crippen molar-refractivity contribution in [3.63, 3.8) is 0 Å². The number of phenolic OH excluding ortho intramolecular Hbond substituents is 1. The molecule has 0 radical (unpaired) electrons. The van der Waals surface area contributed by atoms with E-state index in [2.05, 4.69) is 13.8 Å². The summed E-state index contributed by atoms with van der Waals surface area (Å²) in [5.74, 6) is 0.596. The molecule has 0 spiro atoms. The predicted octanol–water partition coefficient (Wildman–Crippen LogP) is 2.30. The first-order valence-electron chi connectivity index (χ1n) is 6.25. The van der Waals surface area contributed by atoms with Crippen LogP contribution in [0.25, 0.3) is 0 Å². The minimum atomic E-state index is -3.60. The van der Waals surface area contributed by atoms with E-state index in [0.717, 1.165) is 12.2 Å². The van der Waals surface area contributed by atoms with E-state index in [0.29, 0.717) is 13.1 Å². The van der Waals surface area contributed by atoms with Crippen molar-refractivity contribution in [2.24, 2.45) is 0 Å². The van der Waals surface area contributed by atoms with Gasteiger partial charge in [0, 0.05) is 23.6 Å². The summed E-state index contributed by atoms with van der Waals surface area (Å²) in [5, 5.41) is 9.74. The second-order valence-electron chi connectivity index (χ2n) is 5.23. The Morgan fingerprint density at radius 3 is 2.63 bits per heavy atom. The normalized spacial score (nSPS) is 20.9. The Morgan fingerprint density at radius 2 is 1.95 bits per heavy atom. The monoisotopic (exact) mass is 301 g/mol. The molecule has 1 aromatic carbocycles. The highest BCUT2D eigenvalue weighted by Gasteiger charge is 2.31. The van der Waals surface area contributed by atoms with E-state index in [1.54, 1.807) is 23.9 Å². The van der Waals surface area contributed by atoms with Crippen molar-refractivity contribution in [1.82, 2.24) is 4.31 Å². The standard InChI is InChI=1S/C13H19NO3S2/c1-13(2)7-8-14(9-10-18-13)19(16,17)12-6-4-3-5-11(12)15/h3-6,15H,7-10H2,1-2H3. The van der Waals surface area contributed by atoms with Crippen LogP contribution in [-0.2, 0) is 10.0 Å². The van der Waals surface area contributed by atoms with Crippen molar-refractivity contribution < 1.29 is 13.5 Å². The Bertz CT molecular complexity index is 555. The lowest BCUT2D eigenvalue weighted by Crippen LogP contribution is -2.33. The zero-order chi connectivity index (χ0) is 14.1. The van der Waals surface area contributed by atoms with E-state index in [1.165, 1.54) is 16.4 Å². The lowest BCUT2D eigenvalue weighted by atomic mass is 10.1. The van der Waals surface area contributed by atoms with Crippen LogP contribution in [0, 0.1) is 0 Å². The number of thioether (sulfide) groups is 1. The molecule has 6 heteroatoms. The number of phenols is 1. The highest BCUT2D eigenvalue weighted by atomic mass is 32.2. The molecule has 19 heavy (non-hydrogen) atoms. The van der Waals surface area contributed by atoms with E-state index in [4.69, 9.17) is 0 Å². The summed E-state index contributed by atoms with van der Waals surface area (Å²) in [6, 6.07) is 6.11. The van der Waals surface area contributed by atoms with Gasteiger partial charge in [-0.1, -0.05) is 26.0 Å². The van der Waals surface area contributed by atoms with Crippen molar-refractivity contribution in [3.8, 4) is 5.75 Å². The van der Waals surface area contributed by atoms with Gasteiger partial charge in [0.2, 0.25) is 10.0 Å². The van der Waals surface area contributed by atoms with Gasteiger partial charge in [0.15, 0.2) is 0 Å². The third kappa shape index (κ3) is 3.24. The molecular weight excluding hydrogens is 282 g/mol. The summed E-state index contributed by atoms with van der Waals surface area (Å²) in [6.07, 6.45) is 0.810. The first-order chi connectivity index (χ1) is 8.83. The molecular formula is C13H19NO3S2. The van der Waals surface area contributed by atoms with Gasteiger partial charge < -0.3 is 5.11 Å². The number of rotatable bonds is 2. The fourth-order valence-electron chi connectivity index (χ4n) is 2.06. The molecule has 4 nitrogen and oxygen atoms in total. The van der Waals surface area contributed by atoms with Crippen LogP contribution in [0.4, 0.5) is 0 Å². The molecule has 1 aromatic rings. The zero-order valence-electron chi connectivity index (χ0n) is 11.2. The molecule has 106 valence electrons. The average Bonchev–Trinajstić information content (AvgIpc) is 2.51. The number of hydrogen-bond donors (Lipinski definition) is 1. The van der Waals surface area contributed by atoms with Crippen LogP contribution in [0.5, 0.6) is 5.75 Å². The molecule has 1 saturated heterocycles. The van der Waals surface area contributed by atoms with Crippen molar-refractivity contribution in [1.29, 1.82) is 0 Å². The van der Waals surface area contributed by atoms with Gasteiger partial charge >= 0.3 is 0 Å². The maximum absolute atomic E-state index is 12.5. The van der Waals surface area contributed by atoms with Gasteiger partial charge in [0.25, 0.3) is 0 Å². The van der Waals surface area contributed by atoms with E-state index in [9.17, 15) is 13.5 Å². The van der Waals surface area contributed by atoms with E-state index in [-0.39, 0.29) is 15.4 Å². The molecule has 0 saturated carbocycles.